The summed E-state index contributed by atoms with van der Waals surface area (Å²) in [4.78, 5) is 27.0. The maximum absolute atomic E-state index is 12.7. The van der Waals surface area contributed by atoms with Crippen LogP contribution in [0.4, 0.5) is 11.4 Å². The fourth-order valence-electron chi connectivity index (χ4n) is 3.96. The maximum atomic E-state index is 12.7. The predicted octanol–water partition coefficient (Wildman–Crippen LogP) is 2.77. The van der Waals surface area contributed by atoms with Crippen molar-refractivity contribution in [1.82, 2.24) is 4.31 Å². The number of carbonyl (C=O) groups excluding carboxylic acids is 2. The highest BCUT2D eigenvalue weighted by atomic mass is 32.2. The molecule has 4 rings (SSSR count). The van der Waals surface area contributed by atoms with E-state index in [1.807, 2.05) is 31.2 Å². The molecule has 30 heavy (non-hydrogen) atoms. The molecule has 2 saturated heterocycles. The lowest BCUT2D eigenvalue weighted by molar-refractivity contribution is -0.122. The summed E-state index contributed by atoms with van der Waals surface area (Å²) in [6, 6.07) is 13.9. The number of aryl methyl sites for hydroxylation is 1. The SMILES string of the molecule is Cc1cccc(N2CC(C(=O)Nc3ccc(S(=O)(=O)N4CCCC4)cc3)CC2=O)c1. The second kappa shape index (κ2) is 8.20. The molecule has 7 nitrogen and oxygen atoms in total. The first-order chi connectivity index (χ1) is 14.3. The van der Waals surface area contributed by atoms with Gasteiger partial charge in [-0.3, -0.25) is 9.59 Å². The molecular formula is C22H25N3O4S. The van der Waals surface area contributed by atoms with Gasteiger partial charge in [0.1, 0.15) is 0 Å². The molecule has 158 valence electrons. The van der Waals surface area contributed by atoms with Crippen LogP contribution >= 0.6 is 0 Å². The van der Waals surface area contributed by atoms with Gasteiger partial charge in [0.25, 0.3) is 0 Å². The van der Waals surface area contributed by atoms with Crippen molar-refractivity contribution < 1.29 is 18.0 Å². The van der Waals surface area contributed by atoms with Crippen LogP contribution in [0.1, 0.15) is 24.8 Å². The Bertz CT molecular complexity index is 1060. The highest BCUT2D eigenvalue weighted by Gasteiger charge is 2.35. The van der Waals surface area contributed by atoms with Gasteiger partial charge >= 0.3 is 0 Å². The fraction of sp³-hybridized carbons (Fsp3) is 0.364. The number of amides is 2. The second-order valence-electron chi connectivity index (χ2n) is 7.87. The number of hydrogen-bond acceptors (Lipinski definition) is 4. The van der Waals surface area contributed by atoms with E-state index in [2.05, 4.69) is 5.32 Å². The molecule has 2 aromatic rings. The number of sulfonamides is 1. The highest BCUT2D eigenvalue weighted by molar-refractivity contribution is 7.89. The number of hydrogen-bond donors (Lipinski definition) is 1. The number of carbonyl (C=O) groups is 2. The molecule has 0 spiro atoms. The Labute approximate surface area is 176 Å². The summed E-state index contributed by atoms with van der Waals surface area (Å²) in [6.07, 6.45) is 1.92. The minimum Gasteiger partial charge on any atom is -0.326 e. The normalized spacial score (nSPS) is 20.0. The highest BCUT2D eigenvalue weighted by Crippen LogP contribution is 2.27. The van der Waals surface area contributed by atoms with Crippen molar-refractivity contribution in [2.45, 2.75) is 31.1 Å². The van der Waals surface area contributed by atoms with Gasteiger partial charge < -0.3 is 10.2 Å². The molecule has 0 aliphatic carbocycles. The van der Waals surface area contributed by atoms with Gasteiger partial charge in [-0.2, -0.15) is 4.31 Å². The van der Waals surface area contributed by atoms with E-state index >= 15 is 0 Å². The van der Waals surface area contributed by atoms with E-state index in [-0.39, 0.29) is 23.1 Å². The zero-order chi connectivity index (χ0) is 21.3. The molecule has 2 aliphatic rings. The molecule has 0 saturated carbocycles. The fourth-order valence-corrected chi connectivity index (χ4v) is 5.48. The van der Waals surface area contributed by atoms with Gasteiger partial charge in [-0.05, 0) is 61.7 Å². The zero-order valence-corrected chi connectivity index (χ0v) is 17.7. The van der Waals surface area contributed by atoms with Crippen LogP contribution in [-0.4, -0.2) is 44.2 Å². The minimum atomic E-state index is -3.48. The van der Waals surface area contributed by atoms with E-state index < -0.39 is 15.9 Å². The third kappa shape index (κ3) is 4.11. The quantitative estimate of drug-likeness (QED) is 0.795. The average Bonchev–Trinajstić information content (AvgIpc) is 3.39. The third-order valence-electron chi connectivity index (χ3n) is 5.63. The van der Waals surface area contributed by atoms with Gasteiger partial charge in [-0.25, -0.2) is 8.42 Å². The van der Waals surface area contributed by atoms with Crippen molar-refractivity contribution >= 4 is 33.2 Å². The molecule has 2 aliphatic heterocycles. The van der Waals surface area contributed by atoms with Crippen LogP contribution in [0.25, 0.3) is 0 Å². The Balaban J connectivity index is 1.41. The van der Waals surface area contributed by atoms with Gasteiger partial charge in [0.2, 0.25) is 21.8 Å². The molecule has 1 unspecified atom stereocenters. The number of nitrogens with zero attached hydrogens (tertiary/aromatic N) is 2. The van der Waals surface area contributed by atoms with Gasteiger partial charge in [0.05, 0.1) is 10.8 Å². The predicted molar refractivity (Wildman–Crippen MR) is 115 cm³/mol. The Hall–Kier alpha value is -2.71. The van der Waals surface area contributed by atoms with Crippen molar-refractivity contribution in [1.29, 1.82) is 0 Å². The molecule has 2 fully saturated rings. The third-order valence-corrected chi connectivity index (χ3v) is 7.55. The molecule has 0 bridgehead atoms. The lowest BCUT2D eigenvalue weighted by Crippen LogP contribution is -2.28. The van der Waals surface area contributed by atoms with Crippen molar-refractivity contribution in [2.75, 3.05) is 29.9 Å². The van der Waals surface area contributed by atoms with Crippen LogP contribution in [0.2, 0.25) is 0 Å². The summed E-state index contributed by atoms with van der Waals surface area (Å²) < 4.78 is 26.7. The summed E-state index contributed by atoms with van der Waals surface area (Å²) in [5.41, 5.74) is 2.37. The van der Waals surface area contributed by atoms with E-state index in [0.717, 1.165) is 24.1 Å². The van der Waals surface area contributed by atoms with Crippen LogP contribution in [0.5, 0.6) is 0 Å². The zero-order valence-electron chi connectivity index (χ0n) is 16.9. The van der Waals surface area contributed by atoms with Gasteiger partial charge in [0.15, 0.2) is 0 Å². The Kier molecular flexibility index (Phi) is 5.62. The van der Waals surface area contributed by atoms with Crippen molar-refractivity contribution in [3.05, 3.63) is 54.1 Å². The van der Waals surface area contributed by atoms with Crippen molar-refractivity contribution in [3.8, 4) is 0 Å². The number of rotatable bonds is 5. The van der Waals surface area contributed by atoms with E-state index in [1.54, 1.807) is 17.0 Å². The van der Waals surface area contributed by atoms with Gasteiger partial charge in [-0.1, -0.05) is 12.1 Å². The molecule has 1 atom stereocenters. The topological polar surface area (TPSA) is 86.8 Å². The first-order valence-electron chi connectivity index (χ1n) is 10.1. The molecule has 0 radical (unpaired) electrons. The monoisotopic (exact) mass is 427 g/mol. The summed E-state index contributed by atoms with van der Waals surface area (Å²) in [7, 11) is -3.48. The summed E-state index contributed by atoms with van der Waals surface area (Å²) in [5, 5.41) is 2.81. The van der Waals surface area contributed by atoms with E-state index in [9.17, 15) is 18.0 Å². The first-order valence-corrected chi connectivity index (χ1v) is 11.6. The van der Waals surface area contributed by atoms with Gasteiger partial charge in [-0.15, -0.1) is 0 Å². The Morgan fingerprint density at radius 1 is 1.07 bits per heavy atom. The molecule has 0 aromatic heterocycles. The Morgan fingerprint density at radius 2 is 1.77 bits per heavy atom. The van der Waals surface area contributed by atoms with E-state index in [1.165, 1.54) is 16.4 Å². The van der Waals surface area contributed by atoms with E-state index in [0.29, 0.717) is 25.3 Å². The lowest BCUT2D eigenvalue weighted by Gasteiger charge is -2.17. The summed E-state index contributed by atoms with van der Waals surface area (Å²) >= 11 is 0. The number of nitrogens with one attached hydrogen (secondary N) is 1. The van der Waals surface area contributed by atoms with Crippen molar-refractivity contribution in [3.63, 3.8) is 0 Å². The van der Waals surface area contributed by atoms with E-state index in [4.69, 9.17) is 0 Å². The summed E-state index contributed by atoms with van der Waals surface area (Å²) in [6.45, 7) is 3.39. The number of anilines is 2. The largest absolute Gasteiger partial charge is 0.326 e. The standard InChI is InChI=1S/C22H25N3O4S/c1-16-5-4-6-19(13-16)25-15-17(14-21(25)26)22(27)23-18-7-9-20(10-8-18)30(28,29)24-11-2-3-12-24/h4-10,13,17H,2-3,11-12,14-15H2,1H3,(H,23,27). The molecule has 2 heterocycles. The number of benzene rings is 2. The smallest absolute Gasteiger partial charge is 0.243 e. The van der Waals surface area contributed by atoms with Crippen LogP contribution < -0.4 is 10.2 Å². The average molecular weight is 428 g/mol. The minimum absolute atomic E-state index is 0.0761. The molecule has 2 aromatic carbocycles. The lowest BCUT2D eigenvalue weighted by atomic mass is 10.1. The van der Waals surface area contributed by atoms with Crippen LogP contribution in [-0.2, 0) is 19.6 Å². The maximum Gasteiger partial charge on any atom is 0.243 e. The van der Waals surface area contributed by atoms with Crippen molar-refractivity contribution in [2.24, 2.45) is 5.92 Å². The molecule has 8 heteroatoms. The Morgan fingerprint density at radius 3 is 2.43 bits per heavy atom. The first kappa shape index (κ1) is 20.6. The molecule has 2 amide bonds. The van der Waals surface area contributed by atoms with Crippen LogP contribution in [0.15, 0.2) is 53.4 Å². The second-order valence-corrected chi connectivity index (χ2v) is 9.81. The van der Waals surface area contributed by atoms with Gasteiger partial charge in [0, 0.05) is 37.4 Å². The molecular weight excluding hydrogens is 402 g/mol. The van der Waals surface area contributed by atoms with Crippen LogP contribution in [0, 0.1) is 12.8 Å². The summed E-state index contributed by atoms with van der Waals surface area (Å²) in [5.74, 6) is -0.771. The molecule has 1 N–H and O–H groups in total. The van der Waals surface area contributed by atoms with Crippen LogP contribution in [0.3, 0.4) is 0 Å².